The van der Waals surface area contributed by atoms with E-state index in [4.69, 9.17) is 4.98 Å². The summed E-state index contributed by atoms with van der Waals surface area (Å²) in [5, 5.41) is 9.17. The lowest BCUT2D eigenvalue weighted by atomic mass is 9.92. The highest BCUT2D eigenvalue weighted by Gasteiger charge is 2.27. The van der Waals surface area contributed by atoms with Crippen molar-refractivity contribution in [1.82, 2.24) is 29.3 Å². The molecule has 4 heterocycles. The van der Waals surface area contributed by atoms with E-state index in [9.17, 15) is 9.59 Å². The first kappa shape index (κ1) is 21.1. The highest BCUT2D eigenvalue weighted by Crippen LogP contribution is 2.28. The maximum Gasteiger partial charge on any atom is 0.329 e. The highest BCUT2D eigenvalue weighted by molar-refractivity contribution is 8.01. The number of rotatable bonds is 6. The van der Waals surface area contributed by atoms with Gasteiger partial charge in [-0.1, -0.05) is 36.9 Å². The molecule has 0 spiro atoms. The Morgan fingerprint density at radius 1 is 1.20 bits per heavy atom. The number of aromatic nitrogens is 6. The van der Waals surface area contributed by atoms with Gasteiger partial charge in [-0.3, -0.25) is 14.3 Å². The smallest absolute Gasteiger partial charge is 0.329 e. The van der Waals surface area contributed by atoms with Gasteiger partial charge in [0.05, 0.1) is 0 Å². The molecule has 1 saturated heterocycles. The average molecular weight is 450 g/mol. The fourth-order valence-electron chi connectivity index (χ4n) is 4.22. The fourth-order valence-corrected chi connectivity index (χ4v) is 6.03. The molecule has 1 N–H and O–H groups in total. The van der Waals surface area contributed by atoms with E-state index in [0.29, 0.717) is 29.5 Å². The summed E-state index contributed by atoms with van der Waals surface area (Å²) in [6.45, 7) is 8.90. The van der Waals surface area contributed by atoms with E-state index in [1.54, 1.807) is 30.1 Å². The zero-order valence-electron chi connectivity index (χ0n) is 17.7. The molecule has 30 heavy (non-hydrogen) atoms. The first-order valence-electron chi connectivity index (χ1n) is 10.2. The van der Waals surface area contributed by atoms with Crippen molar-refractivity contribution in [2.24, 2.45) is 18.9 Å². The number of anilines is 1. The Balaban J connectivity index is 1.65. The monoisotopic (exact) mass is 449 g/mol. The second-order valence-corrected chi connectivity index (χ2v) is 10.7. The van der Waals surface area contributed by atoms with Crippen molar-refractivity contribution in [1.29, 1.82) is 0 Å². The van der Waals surface area contributed by atoms with Gasteiger partial charge in [-0.25, -0.2) is 4.79 Å². The van der Waals surface area contributed by atoms with Gasteiger partial charge in [-0.05, 0) is 31.6 Å². The van der Waals surface area contributed by atoms with Gasteiger partial charge in [0, 0.05) is 32.4 Å². The van der Waals surface area contributed by atoms with Crippen molar-refractivity contribution in [3.63, 3.8) is 0 Å². The number of hydrogen-bond acceptors (Lipinski definition) is 8. The number of imidazole rings is 1. The first-order valence-corrected chi connectivity index (χ1v) is 12.0. The molecule has 3 aromatic heterocycles. The molecule has 1 aliphatic rings. The Kier molecular flexibility index (Phi) is 6.01. The first-order chi connectivity index (χ1) is 14.3. The topological polar surface area (TPSA) is 102 Å². The third kappa shape index (κ3) is 4.18. The van der Waals surface area contributed by atoms with Gasteiger partial charge >= 0.3 is 5.69 Å². The highest BCUT2D eigenvalue weighted by atomic mass is 32.2. The molecule has 2 atom stereocenters. The van der Waals surface area contributed by atoms with E-state index in [2.05, 4.69) is 33.9 Å². The van der Waals surface area contributed by atoms with Gasteiger partial charge in [-0.15, -0.1) is 10.2 Å². The van der Waals surface area contributed by atoms with Gasteiger partial charge in [0.15, 0.2) is 15.5 Å². The summed E-state index contributed by atoms with van der Waals surface area (Å²) >= 11 is 3.27. The van der Waals surface area contributed by atoms with E-state index < -0.39 is 5.69 Å². The zero-order chi connectivity index (χ0) is 21.4. The molecule has 11 heteroatoms. The molecular formula is C19H27N7O2S2. The Morgan fingerprint density at radius 3 is 2.60 bits per heavy atom. The summed E-state index contributed by atoms with van der Waals surface area (Å²) in [6, 6.07) is 0. The predicted molar refractivity (Wildman–Crippen MR) is 121 cm³/mol. The third-order valence-corrected chi connectivity index (χ3v) is 7.46. The number of hydrogen-bond donors (Lipinski definition) is 1. The molecule has 1 aliphatic heterocycles. The van der Waals surface area contributed by atoms with Crippen molar-refractivity contribution in [2.75, 3.05) is 23.7 Å². The van der Waals surface area contributed by atoms with E-state index in [0.717, 1.165) is 40.6 Å². The van der Waals surface area contributed by atoms with Crippen molar-refractivity contribution < 1.29 is 0 Å². The number of fused-ring (bicyclic) bond motifs is 1. The summed E-state index contributed by atoms with van der Waals surface area (Å²) in [4.78, 5) is 34.3. The zero-order valence-corrected chi connectivity index (χ0v) is 19.3. The number of aryl methyl sites for hydroxylation is 3. The normalized spacial score (nSPS) is 19.7. The van der Waals surface area contributed by atoms with Crippen LogP contribution in [0.3, 0.4) is 0 Å². The standard InChI is InChI=1S/C19H27N7O2S2/c1-11-8-12(2)10-25(9-11)17-20-15-14(16(27)21-18(28)24(15)4)26(17)6-5-7-29-19-23-22-13(3)30-19/h11-12H,5-10H2,1-4H3,(H,21,27,28)/t11-,12-/m1/s1. The van der Waals surface area contributed by atoms with Crippen LogP contribution in [0, 0.1) is 18.8 Å². The van der Waals surface area contributed by atoms with Crippen molar-refractivity contribution in [2.45, 2.75) is 44.5 Å². The lowest BCUT2D eigenvalue weighted by Gasteiger charge is -2.35. The van der Waals surface area contributed by atoms with Gasteiger partial charge in [0.2, 0.25) is 5.95 Å². The molecule has 0 saturated carbocycles. The van der Waals surface area contributed by atoms with Crippen LogP contribution >= 0.6 is 23.1 Å². The molecule has 3 aromatic rings. The molecule has 9 nitrogen and oxygen atoms in total. The van der Waals surface area contributed by atoms with Gasteiger partial charge in [0.25, 0.3) is 5.56 Å². The minimum Gasteiger partial charge on any atom is -0.342 e. The molecule has 4 rings (SSSR count). The summed E-state index contributed by atoms with van der Waals surface area (Å²) < 4.78 is 4.37. The van der Waals surface area contributed by atoms with Crippen LogP contribution < -0.4 is 16.1 Å². The number of aromatic amines is 1. The number of nitrogens with one attached hydrogen (secondary N) is 1. The second kappa shape index (κ2) is 8.54. The van der Waals surface area contributed by atoms with E-state index in [1.165, 1.54) is 11.0 Å². The minimum absolute atomic E-state index is 0.377. The van der Waals surface area contributed by atoms with Crippen LogP contribution in [0.5, 0.6) is 0 Å². The fraction of sp³-hybridized carbons (Fsp3) is 0.632. The Labute approximate surface area is 182 Å². The maximum absolute atomic E-state index is 12.7. The third-order valence-electron chi connectivity index (χ3n) is 5.40. The molecule has 0 bridgehead atoms. The van der Waals surface area contributed by atoms with Crippen molar-refractivity contribution in [3.05, 3.63) is 25.8 Å². The van der Waals surface area contributed by atoms with Crippen molar-refractivity contribution in [3.8, 4) is 0 Å². The van der Waals surface area contributed by atoms with Crippen LogP contribution in [0.1, 0.15) is 31.7 Å². The Hall–Kier alpha value is -2.14. The summed E-state index contributed by atoms with van der Waals surface area (Å²) in [6.07, 6.45) is 2.04. The predicted octanol–water partition coefficient (Wildman–Crippen LogP) is 2.25. The number of piperidine rings is 1. The van der Waals surface area contributed by atoms with Crippen LogP contribution in [-0.4, -0.2) is 48.1 Å². The Bertz CT molecular complexity index is 1150. The van der Waals surface area contributed by atoms with Gasteiger partial charge in [-0.2, -0.15) is 4.98 Å². The molecule has 0 aromatic carbocycles. The van der Waals surface area contributed by atoms with Crippen LogP contribution in [0.25, 0.3) is 11.2 Å². The van der Waals surface area contributed by atoms with Crippen LogP contribution in [0.2, 0.25) is 0 Å². The molecule has 0 radical (unpaired) electrons. The van der Waals surface area contributed by atoms with Crippen LogP contribution in [0.4, 0.5) is 5.95 Å². The molecular weight excluding hydrogens is 422 g/mol. The molecule has 0 aliphatic carbocycles. The number of thioether (sulfide) groups is 1. The van der Waals surface area contributed by atoms with E-state index >= 15 is 0 Å². The largest absolute Gasteiger partial charge is 0.342 e. The number of H-pyrrole nitrogens is 1. The van der Waals surface area contributed by atoms with Crippen LogP contribution in [-0.2, 0) is 13.6 Å². The molecule has 162 valence electrons. The maximum atomic E-state index is 12.7. The average Bonchev–Trinajstić information content (AvgIpc) is 3.26. The van der Waals surface area contributed by atoms with E-state index in [-0.39, 0.29) is 5.56 Å². The second-order valence-electron chi connectivity index (χ2n) is 8.19. The summed E-state index contributed by atoms with van der Waals surface area (Å²) in [5.41, 5.74) is 0.0930. The minimum atomic E-state index is -0.439. The molecule has 1 fully saturated rings. The quantitative estimate of drug-likeness (QED) is 0.455. The SMILES string of the molecule is Cc1nnc(SCCCn2c(N3C[C@H](C)C[C@@H](C)C3)nc3c2c(=O)[nH]c(=O)n3C)s1. The summed E-state index contributed by atoms with van der Waals surface area (Å²) in [5.74, 6) is 2.76. The van der Waals surface area contributed by atoms with Crippen LogP contribution in [0.15, 0.2) is 13.9 Å². The van der Waals surface area contributed by atoms with Crippen molar-refractivity contribution >= 4 is 40.2 Å². The lowest BCUT2D eigenvalue weighted by Crippen LogP contribution is -2.40. The van der Waals surface area contributed by atoms with E-state index in [1.807, 2.05) is 11.5 Å². The molecule has 0 unspecified atom stereocenters. The van der Waals surface area contributed by atoms with Gasteiger partial charge < -0.3 is 9.47 Å². The summed E-state index contributed by atoms with van der Waals surface area (Å²) in [7, 11) is 1.65. The van der Waals surface area contributed by atoms with Gasteiger partial charge in [0.1, 0.15) is 5.01 Å². The molecule has 0 amide bonds. The number of nitrogens with zero attached hydrogens (tertiary/aromatic N) is 6. The lowest BCUT2D eigenvalue weighted by molar-refractivity contribution is 0.351. The Morgan fingerprint density at radius 2 is 1.93 bits per heavy atom.